The molecular weight excluding hydrogens is 406 g/mol. The van der Waals surface area contributed by atoms with E-state index in [9.17, 15) is 14.4 Å². The average molecular weight is 425 g/mol. The Morgan fingerprint density at radius 1 is 0.906 bits per heavy atom. The maximum absolute atomic E-state index is 13.0. The van der Waals surface area contributed by atoms with Crippen LogP contribution in [0.5, 0.6) is 0 Å². The third kappa shape index (κ3) is 3.31. The summed E-state index contributed by atoms with van der Waals surface area (Å²) >= 11 is 0. The first-order valence-corrected chi connectivity index (χ1v) is 10.2. The van der Waals surface area contributed by atoms with E-state index in [0.717, 1.165) is 15.7 Å². The van der Waals surface area contributed by atoms with Crippen molar-refractivity contribution in [3.05, 3.63) is 103 Å². The lowest BCUT2D eigenvalue weighted by atomic mass is 10.1. The van der Waals surface area contributed by atoms with E-state index in [2.05, 4.69) is 9.97 Å². The summed E-state index contributed by atoms with van der Waals surface area (Å²) in [6, 6.07) is 20.6. The van der Waals surface area contributed by atoms with Crippen molar-refractivity contribution in [1.82, 2.24) is 24.1 Å². The zero-order chi connectivity index (χ0) is 22.2. The van der Waals surface area contributed by atoms with Gasteiger partial charge < -0.3 is 9.55 Å². The minimum atomic E-state index is -0.650. The van der Waals surface area contributed by atoms with Gasteiger partial charge in [0.2, 0.25) is 0 Å². The van der Waals surface area contributed by atoms with Gasteiger partial charge in [-0.25, -0.2) is 9.78 Å². The van der Waals surface area contributed by atoms with Crippen LogP contribution in [0, 0.1) is 0 Å². The van der Waals surface area contributed by atoms with Crippen molar-refractivity contribution < 1.29 is 0 Å². The number of pyridine rings is 1. The lowest BCUT2D eigenvalue weighted by molar-refractivity contribution is 0.682. The summed E-state index contributed by atoms with van der Waals surface area (Å²) in [5.41, 5.74) is 0.888. The molecule has 0 unspecified atom stereocenters. The number of nitrogens with one attached hydrogen (secondary N) is 1. The molecule has 0 fully saturated rings. The van der Waals surface area contributed by atoms with Crippen LogP contribution in [0.4, 0.5) is 0 Å². The fourth-order valence-electron chi connectivity index (χ4n) is 3.80. The topological polar surface area (TPSA) is 103 Å². The van der Waals surface area contributed by atoms with E-state index < -0.39 is 11.2 Å². The van der Waals surface area contributed by atoms with Gasteiger partial charge in [0, 0.05) is 19.2 Å². The molecule has 2 aliphatic rings. The minimum absolute atomic E-state index is 0.201. The van der Waals surface area contributed by atoms with Gasteiger partial charge >= 0.3 is 5.69 Å². The zero-order valence-corrected chi connectivity index (χ0v) is 17.3. The van der Waals surface area contributed by atoms with Gasteiger partial charge in [-0.3, -0.25) is 14.2 Å². The van der Waals surface area contributed by atoms with Crippen molar-refractivity contribution >= 4 is 11.0 Å². The molecule has 2 aliphatic heterocycles. The van der Waals surface area contributed by atoms with Crippen molar-refractivity contribution in [3.63, 3.8) is 0 Å². The summed E-state index contributed by atoms with van der Waals surface area (Å²) in [4.78, 5) is 49.8. The summed E-state index contributed by atoms with van der Waals surface area (Å²) in [6.45, 7) is 0.391. The Hall–Kier alpha value is -4.33. The van der Waals surface area contributed by atoms with E-state index in [4.69, 9.17) is 4.98 Å². The second-order valence-corrected chi connectivity index (χ2v) is 7.55. The number of rotatable bonds is 4. The molecule has 1 aromatic heterocycles. The van der Waals surface area contributed by atoms with Gasteiger partial charge in [-0.05, 0) is 18.1 Å². The van der Waals surface area contributed by atoms with Crippen LogP contribution in [0.15, 0.2) is 81.1 Å². The van der Waals surface area contributed by atoms with Crippen molar-refractivity contribution in [2.24, 2.45) is 7.05 Å². The van der Waals surface area contributed by atoms with Crippen LogP contribution in [0.2, 0.25) is 0 Å². The van der Waals surface area contributed by atoms with E-state index in [1.165, 1.54) is 13.1 Å². The van der Waals surface area contributed by atoms with Crippen LogP contribution in [-0.4, -0.2) is 24.1 Å². The van der Waals surface area contributed by atoms with E-state index >= 15 is 0 Å². The summed E-state index contributed by atoms with van der Waals surface area (Å²) in [5, 5.41) is 0.266. The first-order valence-electron chi connectivity index (χ1n) is 10.2. The lowest BCUT2D eigenvalue weighted by Gasteiger charge is -2.17. The fraction of sp³-hybridized carbons (Fsp3) is 0.125. The largest absolute Gasteiger partial charge is 0.352 e. The maximum atomic E-state index is 13.0. The number of aryl methyl sites for hydroxylation is 2. The molecule has 1 N–H and O–H groups in total. The third-order valence-corrected chi connectivity index (χ3v) is 5.51. The van der Waals surface area contributed by atoms with Crippen molar-refractivity contribution in [1.29, 1.82) is 0 Å². The van der Waals surface area contributed by atoms with Crippen LogP contribution in [0.1, 0.15) is 5.56 Å². The first-order chi connectivity index (χ1) is 15.5. The molecule has 158 valence electrons. The Morgan fingerprint density at radius 2 is 1.59 bits per heavy atom. The number of aromatic nitrogens is 5. The maximum Gasteiger partial charge on any atom is 0.352 e. The normalized spacial score (nSPS) is 11.3. The smallest absolute Gasteiger partial charge is 0.309 e. The molecule has 3 heterocycles. The quantitative estimate of drug-likeness (QED) is 0.445. The predicted octanol–water partition coefficient (Wildman–Crippen LogP) is 2.19. The van der Waals surface area contributed by atoms with Crippen LogP contribution < -0.4 is 16.8 Å². The first kappa shape index (κ1) is 19.6. The molecule has 0 spiro atoms. The van der Waals surface area contributed by atoms with Crippen LogP contribution >= 0.6 is 0 Å². The molecule has 0 amide bonds. The molecule has 3 aromatic rings. The standard InChI is InChI=1S/C24H19N5O3/c1-28-23(31)18-14-17-20(25-19(26-22(17)30)16-10-6-3-7-11-16)29(21(18)27-24(28)32)13-12-15-8-4-2-5-9-15/h2-11,14H,12-13H2,1H3,(H,25,26,30). The van der Waals surface area contributed by atoms with Gasteiger partial charge in [0.15, 0.2) is 5.82 Å². The predicted molar refractivity (Wildman–Crippen MR) is 122 cm³/mol. The number of fused-ring (bicyclic) bond motifs is 2. The molecule has 0 saturated heterocycles. The molecule has 2 aromatic carbocycles. The van der Waals surface area contributed by atoms with Crippen LogP contribution in [0.3, 0.4) is 0 Å². The second kappa shape index (κ2) is 7.73. The zero-order valence-electron chi connectivity index (χ0n) is 17.3. The molecular formula is C24H19N5O3. The Balaban J connectivity index is 1.82. The van der Waals surface area contributed by atoms with E-state index in [1.807, 2.05) is 60.7 Å². The molecule has 0 radical (unpaired) electrons. The molecule has 8 heteroatoms. The van der Waals surface area contributed by atoms with Gasteiger partial charge in [-0.1, -0.05) is 60.7 Å². The molecule has 0 atom stereocenters. The average Bonchev–Trinajstić information content (AvgIpc) is 2.82. The Kier molecular flexibility index (Phi) is 4.74. The molecule has 0 bridgehead atoms. The Bertz CT molecular complexity index is 1580. The molecule has 0 aliphatic carbocycles. The monoisotopic (exact) mass is 425 g/mol. The SMILES string of the molecule is Cn1c(=O)nc2n(CCc3ccccc3)c3nc(-c4ccccc4)[nH]c(=O)c3cc-2c1=O. The lowest BCUT2D eigenvalue weighted by Crippen LogP contribution is -2.36. The number of hydrogen-bond acceptors (Lipinski definition) is 5. The van der Waals surface area contributed by atoms with Crippen LogP contribution in [0.25, 0.3) is 33.8 Å². The molecule has 32 heavy (non-hydrogen) atoms. The van der Waals surface area contributed by atoms with E-state index in [0.29, 0.717) is 24.4 Å². The van der Waals surface area contributed by atoms with Gasteiger partial charge in [0.25, 0.3) is 11.1 Å². The summed E-state index contributed by atoms with van der Waals surface area (Å²) < 4.78 is 2.64. The molecule has 0 saturated carbocycles. The number of benzene rings is 2. The highest BCUT2D eigenvalue weighted by atomic mass is 16.2. The van der Waals surface area contributed by atoms with E-state index in [-0.39, 0.29) is 22.3 Å². The van der Waals surface area contributed by atoms with Crippen LogP contribution in [-0.2, 0) is 20.0 Å². The number of nitrogens with zero attached hydrogens (tertiary/aromatic N) is 4. The fourth-order valence-corrected chi connectivity index (χ4v) is 3.80. The van der Waals surface area contributed by atoms with Crippen molar-refractivity contribution in [3.8, 4) is 22.8 Å². The Morgan fingerprint density at radius 3 is 2.31 bits per heavy atom. The number of H-pyrrole nitrogens is 1. The summed E-state index contributed by atoms with van der Waals surface area (Å²) in [6.07, 6.45) is 0.611. The van der Waals surface area contributed by atoms with E-state index in [1.54, 1.807) is 4.57 Å². The summed E-state index contributed by atoms with van der Waals surface area (Å²) in [7, 11) is 1.37. The summed E-state index contributed by atoms with van der Waals surface area (Å²) in [5.74, 6) is 0.626. The highest BCUT2D eigenvalue weighted by Crippen LogP contribution is 2.23. The number of aromatic amines is 1. The molecule has 8 nitrogen and oxygen atoms in total. The van der Waals surface area contributed by atoms with Crippen molar-refractivity contribution in [2.75, 3.05) is 0 Å². The van der Waals surface area contributed by atoms with Gasteiger partial charge in [0.05, 0.1) is 10.9 Å². The minimum Gasteiger partial charge on any atom is -0.309 e. The number of hydrogen-bond donors (Lipinski definition) is 1. The third-order valence-electron chi connectivity index (χ3n) is 5.51. The van der Waals surface area contributed by atoms with Gasteiger partial charge in [-0.15, -0.1) is 0 Å². The highest BCUT2D eigenvalue weighted by molar-refractivity contribution is 5.83. The van der Waals surface area contributed by atoms with Gasteiger partial charge in [0.1, 0.15) is 11.5 Å². The molecule has 5 rings (SSSR count). The van der Waals surface area contributed by atoms with Gasteiger partial charge in [-0.2, -0.15) is 4.98 Å². The highest BCUT2D eigenvalue weighted by Gasteiger charge is 2.21. The van der Waals surface area contributed by atoms with Crippen molar-refractivity contribution in [2.45, 2.75) is 13.0 Å². The Labute approximate surface area is 181 Å². The second-order valence-electron chi connectivity index (χ2n) is 7.55.